The summed E-state index contributed by atoms with van der Waals surface area (Å²) in [5, 5.41) is 0. The molecule has 0 unspecified atom stereocenters. The van der Waals surface area contributed by atoms with E-state index in [1.165, 1.54) is 5.56 Å². The average molecular weight is 301 g/mol. The standard InChI is InChI=1S/C18H28BNO2/c1-15(2)11-18(20,12-15)13-7-9-14(10-8-13)19-21-16(3,4)17(5,6)22-19/h7-10H,11-12,20H2,1-6H3. The van der Waals surface area contributed by atoms with Crippen LogP contribution in [0.2, 0.25) is 0 Å². The topological polar surface area (TPSA) is 44.5 Å². The molecular weight excluding hydrogens is 273 g/mol. The summed E-state index contributed by atoms with van der Waals surface area (Å²) < 4.78 is 12.2. The molecule has 0 atom stereocenters. The molecule has 0 radical (unpaired) electrons. The number of nitrogens with two attached hydrogens (primary N) is 1. The van der Waals surface area contributed by atoms with Gasteiger partial charge in [-0.05, 0) is 57.0 Å². The summed E-state index contributed by atoms with van der Waals surface area (Å²) in [4.78, 5) is 0. The molecule has 120 valence electrons. The van der Waals surface area contributed by atoms with Crippen LogP contribution in [0.25, 0.3) is 0 Å². The molecule has 1 aromatic carbocycles. The van der Waals surface area contributed by atoms with Crippen LogP contribution in [0, 0.1) is 5.41 Å². The molecule has 2 N–H and O–H groups in total. The molecule has 2 fully saturated rings. The van der Waals surface area contributed by atoms with Crippen molar-refractivity contribution in [1.82, 2.24) is 0 Å². The SMILES string of the molecule is CC1(C)CC(N)(c2ccc(B3OC(C)(C)C(C)(C)O3)cc2)C1. The van der Waals surface area contributed by atoms with Gasteiger partial charge in [-0.15, -0.1) is 0 Å². The third-order valence-corrected chi connectivity index (χ3v) is 5.60. The molecule has 22 heavy (non-hydrogen) atoms. The number of hydrogen-bond donors (Lipinski definition) is 1. The zero-order chi connectivity index (χ0) is 16.4. The Morgan fingerprint density at radius 2 is 1.32 bits per heavy atom. The minimum absolute atomic E-state index is 0.169. The lowest BCUT2D eigenvalue weighted by Gasteiger charge is -2.51. The second-order valence-corrected chi connectivity index (χ2v) is 8.88. The Kier molecular flexibility index (Phi) is 3.35. The second-order valence-electron chi connectivity index (χ2n) is 8.88. The zero-order valence-corrected chi connectivity index (χ0v) is 14.7. The van der Waals surface area contributed by atoms with E-state index in [2.05, 4.69) is 65.8 Å². The van der Waals surface area contributed by atoms with E-state index in [4.69, 9.17) is 15.0 Å². The predicted molar refractivity (Wildman–Crippen MR) is 91.0 cm³/mol. The van der Waals surface area contributed by atoms with E-state index in [1.54, 1.807) is 0 Å². The van der Waals surface area contributed by atoms with Crippen LogP contribution in [0.15, 0.2) is 24.3 Å². The van der Waals surface area contributed by atoms with Gasteiger partial charge in [0.15, 0.2) is 0 Å². The van der Waals surface area contributed by atoms with Crippen molar-refractivity contribution in [3.63, 3.8) is 0 Å². The molecule has 1 saturated heterocycles. The first-order valence-electron chi connectivity index (χ1n) is 8.19. The van der Waals surface area contributed by atoms with Gasteiger partial charge in [0, 0.05) is 5.54 Å². The minimum Gasteiger partial charge on any atom is -0.399 e. The first kappa shape index (κ1) is 16.0. The van der Waals surface area contributed by atoms with Gasteiger partial charge in [-0.2, -0.15) is 0 Å². The van der Waals surface area contributed by atoms with E-state index in [0.717, 1.165) is 18.3 Å². The highest BCUT2D eigenvalue weighted by Gasteiger charge is 2.52. The van der Waals surface area contributed by atoms with E-state index in [0.29, 0.717) is 5.41 Å². The monoisotopic (exact) mass is 301 g/mol. The summed E-state index contributed by atoms with van der Waals surface area (Å²) in [6.45, 7) is 12.9. The van der Waals surface area contributed by atoms with Crippen molar-refractivity contribution in [2.24, 2.45) is 11.1 Å². The van der Waals surface area contributed by atoms with Crippen LogP contribution in [0.4, 0.5) is 0 Å². The van der Waals surface area contributed by atoms with Gasteiger partial charge < -0.3 is 15.0 Å². The lowest BCUT2D eigenvalue weighted by atomic mass is 9.57. The van der Waals surface area contributed by atoms with Crippen molar-refractivity contribution in [1.29, 1.82) is 0 Å². The smallest absolute Gasteiger partial charge is 0.399 e. The minimum atomic E-state index is -0.302. The van der Waals surface area contributed by atoms with Gasteiger partial charge in [-0.25, -0.2) is 0 Å². The summed E-state index contributed by atoms with van der Waals surface area (Å²) >= 11 is 0. The van der Waals surface area contributed by atoms with E-state index >= 15 is 0 Å². The summed E-state index contributed by atoms with van der Waals surface area (Å²) in [6, 6.07) is 8.46. The molecule has 1 aromatic rings. The van der Waals surface area contributed by atoms with Crippen LogP contribution in [0.5, 0.6) is 0 Å². The van der Waals surface area contributed by atoms with Gasteiger partial charge in [0.2, 0.25) is 0 Å². The molecule has 0 bridgehead atoms. The first-order valence-corrected chi connectivity index (χ1v) is 8.19. The quantitative estimate of drug-likeness (QED) is 0.854. The highest BCUT2D eigenvalue weighted by molar-refractivity contribution is 6.62. The second kappa shape index (κ2) is 4.59. The lowest BCUT2D eigenvalue weighted by Crippen LogP contribution is -2.53. The lowest BCUT2D eigenvalue weighted by molar-refractivity contribution is 0.00578. The molecule has 4 heteroatoms. The van der Waals surface area contributed by atoms with Gasteiger partial charge in [0.05, 0.1) is 11.2 Å². The maximum absolute atomic E-state index is 6.53. The molecule has 0 spiro atoms. The Balaban J connectivity index is 1.76. The Morgan fingerprint density at radius 1 is 0.864 bits per heavy atom. The Hall–Kier alpha value is -0.835. The van der Waals surface area contributed by atoms with Crippen LogP contribution < -0.4 is 11.2 Å². The van der Waals surface area contributed by atoms with Crippen LogP contribution in [0.1, 0.15) is 59.9 Å². The van der Waals surface area contributed by atoms with Crippen molar-refractivity contribution in [2.75, 3.05) is 0 Å². The Bertz CT molecular complexity index is 553. The third kappa shape index (κ3) is 2.51. The van der Waals surface area contributed by atoms with E-state index < -0.39 is 0 Å². The van der Waals surface area contributed by atoms with Crippen molar-refractivity contribution >= 4 is 12.6 Å². The van der Waals surface area contributed by atoms with Crippen LogP contribution >= 0.6 is 0 Å². The molecule has 0 amide bonds. The molecule has 3 rings (SSSR count). The first-order chi connectivity index (χ1) is 9.94. The highest BCUT2D eigenvalue weighted by Crippen LogP contribution is 2.51. The summed E-state index contributed by atoms with van der Waals surface area (Å²) in [7, 11) is -0.300. The van der Waals surface area contributed by atoms with Gasteiger partial charge >= 0.3 is 7.12 Å². The van der Waals surface area contributed by atoms with Crippen molar-refractivity contribution in [2.45, 2.75) is 71.1 Å². The van der Waals surface area contributed by atoms with E-state index in [9.17, 15) is 0 Å². The molecule has 1 saturated carbocycles. The Labute approximate surface area is 134 Å². The molecule has 1 heterocycles. The largest absolute Gasteiger partial charge is 0.494 e. The van der Waals surface area contributed by atoms with Crippen LogP contribution in [0.3, 0.4) is 0 Å². The fraction of sp³-hybridized carbons (Fsp3) is 0.667. The summed E-state index contributed by atoms with van der Waals surface area (Å²) in [5.74, 6) is 0. The molecular formula is C18H28BNO2. The van der Waals surface area contributed by atoms with Crippen LogP contribution in [-0.4, -0.2) is 18.3 Å². The molecule has 1 aliphatic carbocycles. The van der Waals surface area contributed by atoms with Gasteiger partial charge in [-0.1, -0.05) is 38.1 Å². The number of benzene rings is 1. The van der Waals surface area contributed by atoms with Crippen molar-refractivity contribution in [3.05, 3.63) is 29.8 Å². The molecule has 0 aromatic heterocycles. The third-order valence-electron chi connectivity index (χ3n) is 5.60. The zero-order valence-electron chi connectivity index (χ0n) is 14.7. The molecule has 1 aliphatic heterocycles. The van der Waals surface area contributed by atoms with Crippen molar-refractivity contribution in [3.8, 4) is 0 Å². The number of rotatable bonds is 2. The molecule has 2 aliphatic rings. The van der Waals surface area contributed by atoms with Gasteiger partial charge in [-0.3, -0.25) is 0 Å². The summed E-state index contributed by atoms with van der Waals surface area (Å²) in [6.07, 6.45) is 2.08. The fourth-order valence-corrected chi connectivity index (χ4v) is 3.81. The maximum atomic E-state index is 6.53. The maximum Gasteiger partial charge on any atom is 0.494 e. The van der Waals surface area contributed by atoms with Crippen LogP contribution in [-0.2, 0) is 14.8 Å². The fourth-order valence-electron chi connectivity index (χ4n) is 3.81. The predicted octanol–water partition coefficient (Wildman–Crippen LogP) is 2.96. The van der Waals surface area contributed by atoms with E-state index in [1.807, 2.05) is 0 Å². The summed E-state index contributed by atoms with van der Waals surface area (Å²) in [5.41, 5.74) is 8.39. The highest BCUT2D eigenvalue weighted by atomic mass is 16.7. The van der Waals surface area contributed by atoms with E-state index in [-0.39, 0.29) is 23.9 Å². The van der Waals surface area contributed by atoms with Gasteiger partial charge in [0.1, 0.15) is 0 Å². The molecule has 3 nitrogen and oxygen atoms in total. The normalized spacial score (nSPS) is 27.5. The van der Waals surface area contributed by atoms with Crippen molar-refractivity contribution < 1.29 is 9.31 Å². The van der Waals surface area contributed by atoms with Gasteiger partial charge in [0.25, 0.3) is 0 Å². The Morgan fingerprint density at radius 3 is 1.73 bits per heavy atom. The average Bonchev–Trinajstić information content (AvgIpc) is 2.56. The number of hydrogen-bond acceptors (Lipinski definition) is 3.